The first kappa shape index (κ1) is 10.6. The van der Waals surface area contributed by atoms with Crippen molar-refractivity contribution in [1.29, 1.82) is 0 Å². The van der Waals surface area contributed by atoms with Gasteiger partial charge in [-0.25, -0.2) is 14.2 Å². The molecule has 76 valence electrons. The maximum absolute atomic E-state index is 13.4. The normalized spacial score (nSPS) is 9.93. The van der Waals surface area contributed by atoms with Gasteiger partial charge < -0.3 is 10.5 Å². The largest absolute Gasteiger partial charge is 0.461 e. The minimum absolute atomic E-state index is 0.0285. The molecule has 1 rings (SSSR count). The molecule has 0 aliphatic carbocycles. The average molecular weight is 198 g/mol. The number of rotatable bonds is 3. The molecule has 0 aliphatic rings. The standard InChI is InChI=1S/C9H11FN2O2/c1-2-14-9(13)8-7(10)6(5-11)3-4-12-8/h3-4H,2,5,11H2,1H3. The minimum Gasteiger partial charge on any atom is -0.461 e. The first-order valence-corrected chi connectivity index (χ1v) is 4.21. The fourth-order valence-electron chi connectivity index (χ4n) is 0.983. The molecule has 0 unspecified atom stereocenters. The van der Waals surface area contributed by atoms with Gasteiger partial charge >= 0.3 is 5.97 Å². The summed E-state index contributed by atoms with van der Waals surface area (Å²) in [6.07, 6.45) is 1.33. The zero-order chi connectivity index (χ0) is 10.6. The van der Waals surface area contributed by atoms with Crippen molar-refractivity contribution in [2.45, 2.75) is 13.5 Å². The van der Waals surface area contributed by atoms with Gasteiger partial charge in [0.05, 0.1) is 6.61 Å². The Balaban J connectivity index is 3.03. The van der Waals surface area contributed by atoms with Crippen molar-refractivity contribution in [2.24, 2.45) is 5.73 Å². The first-order valence-electron chi connectivity index (χ1n) is 4.21. The highest BCUT2D eigenvalue weighted by atomic mass is 19.1. The van der Waals surface area contributed by atoms with Crippen molar-refractivity contribution in [3.05, 3.63) is 29.3 Å². The van der Waals surface area contributed by atoms with Crippen molar-refractivity contribution < 1.29 is 13.9 Å². The summed E-state index contributed by atoms with van der Waals surface area (Å²) in [4.78, 5) is 14.8. The lowest BCUT2D eigenvalue weighted by Crippen LogP contribution is -2.12. The number of hydrogen-bond donors (Lipinski definition) is 1. The van der Waals surface area contributed by atoms with Gasteiger partial charge in [-0.3, -0.25) is 0 Å². The summed E-state index contributed by atoms with van der Waals surface area (Å²) in [5.74, 6) is -1.46. The van der Waals surface area contributed by atoms with Gasteiger partial charge in [-0.2, -0.15) is 0 Å². The Morgan fingerprint density at radius 2 is 2.43 bits per heavy atom. The Morgan fingerprint density at radius 1 is 1.71 bits per heavy atom. The van der Waals surface area contributed by atoms with Crippen LogP contribution in [-0.2, 0) is 11.3 Å². The predicted octanol–water partition coefficient (Wildman–Crippen LogP) is 0.856. The topological polar surface area (TPSA) is 65.2 Å². The van der Waals surface area contributed by atoms with E-state index in [2.05, 4.69) is 9.72 Å². The first-order chi connectivity index (χ1) is 6.70. The number of ether oxygens (including phenoxy) is 1. The van der Waals surface area contributed by atoms with E-state index in [1.165, 1.54) is 12.3 Å². The highest BCUT2D eigenvalue weighted by molar-refractivity contribution is 5.87. The molecule has 14 heavy (non-hydrogen) atoms. The Morgan fingerprint density at radius 3 is 3.00 bits per heavy atom. The summed E-state index contributed by atoms with van der Waals surface area (Å²) in [7, 11) is 0. The number of hydrogen-bond acceptors (Lipinski definition) is 4. The molecule has 0 fully saturated rings. The summed E-state index contributed by atoms with van der Waals surface area (Å²) in [5, 5.41) is 0. The van der Waals surface area contributed by atoms with Gasteiger partial charge in [-0.1, -0.05) is 0 Å². The van der Waals surface area contributed by atoms with Gasteiger partial charge in [0.2, 0.25) is 0 Å². The van der Waals surface area contributed by atoms with Crippen LogP contribution in [0.4, 0.5) is 4.39 Å². The van der Waals surface area contributed by atoms with Crippen LogP contribution in [0.5, 0.6) is 0 Å². The molecule has 2 N–H and O–H groups in total. The number of carbonyl (C=O) groups excluding carboxylic acids is 1. The number of pyridine rings is 1. The summed E-state index contributed by atoms with van der Waals surface area (Å²) < 4.78 is 18.0. The molecule has 0 aromatic carbocycles. The molecule has 4 nitrogen and oxygen atoms in total. The third-order valence-electron chi connectivity index (χ3n) is 1.66. The summed E-state index contributed by atoms with van der Waals surface area (Å²) in [6, 6.07) is 1.43. The fraction of sp³-hybridized carbons (Fsp3) is 0.333. The van der Waals surface area contributed by atoms with Crippen LogP contribution in [0.3, 0.4) is 0 Å². The number of carbonyl (C=O) groups is 1. The SMILES string of the molecule is CCOC(=O)c1nccc(CN)c1F. The van der Waals surface area contributed by atoms with Crippen LogP contribution in [0, 0.1) is 5.82 Å². The van der Waals surface area contributed by atoms with Crippen molar-refractivity contribution in [3.8, 4) is 0 Å². The quantitative estimate of drug-likeness (QED) is 0.731. The van der Waals surface area contributed by atoms with E-state index in [-0.39, 0.29) is 24.4 Å². The van der Waals surface area contributed by atoms with E-state index in [0.29, 0.717) is 0 Å². The summed E-state index contributed by atoms with van der Waals surface area (Å²) in [5.41, 5.74) is 5.22. The molecule has 0 amide bonds. The summed E-state index contributed by atoms with van der Waals surface area (Å²) >= 11 is 0. The van der Waals surface area contributed by atoms with Gasteiger partial charge in [-0.05, 0) is 13.0 Å². The van der Waals surface area contributed by atoms with Crippen LogP contribution < -0.4 is 5.73 Å². The maximum atomic E-state index is 13.4. The van der Waals surface area contributed by atoms with E-state index in [0.717, 1.165) is 0 Å². The molecule has 0 bridgehead atoms. The van der Waals surface area contributed by atoms with Gasteiger partial charge in [0, 0.05) is 18.3 Å². The second-order valence-corrected chi connectivity index (χ2v) is 2.56. The van der Waals surface area contributed by atoms with Gasteiger partial charge in [0.15, 0.2) is 11.5 Å². The van der Waals surface area contributed by atoms with E-state index < -0.39 is 11.8 Å². The molecule has 1 aromatic rings. The molecular formula is C9H11FN2O2. The lowest BCUT2D eigenvalue weighted by atomic mass is 10.2. The molecule has 0 aliphatic heterocycles. The molecule has 0 saturated heterocycles. The van der Waals surface area contributed by atoms with Gasteiger partial charge in [0.1, 0.15) is 0 Å². The number of aromatic nitrogens is 1. The van der Waals surface area contributed by atoms with Crippen LogP contribution in [0.2, 0.25) is 0 Å². The summed E-state index contributed by atoms with van der Waals surface area (Å²) in [6.45, 7) is 1.86. The number of nitrogens with two attached hydrogens (primary N) is 1. The molecule has 0 saturated carbocycles. The van der Waals surface area contributed by atoms with Crippen molar-refractivity contribution in [1.82, 2.24) is 4.98 Å². The number of halogens is 1. The monoisotopic (exact) mass is 198 g/mol. The van der Waals surface area contributed by atoms with E-state index in [9.17, 15) is 9.18 Å². The van der Waals surface area contributed by atoms with Gasteiger partial charge in [-0.15, -0.1) is 0 Å². The molecule has 0 radical (unpaired) electrons. The second-order valence-electron chi connectivity index (χ2n) is 2.56. The van der Waals surface area contributed by atoms with Crippen molar-refractivity contribution in [3.63, 3.8) is 0 Å². The molecule has 5 heteroatoms. The van der Waals surface area contributed by atoms with Crippen LogP contribution in [0.1, 0.15) is 23.0 Å². The van der Waals surface area contributed by atoms with Gasteiger partial charge in [0.25, 0.3) is 0 Å². The Labute approximate surface area is 80.9 Å². The zero-order valence-electron chi connectivity index (χ0n) is 7.79. The van der Waals surface area contributed by atoms with Crippen LogP contribution >= 0.6 is 0 Å². The Kier molecular flexibility index (Phi) is 3.53. The lowest BCUT2D eigenvalue weighted by molar-refractivity contribution is 0.0513. The molecule has 1 heterocycles. The van der Waals surface area contributed by atoms with E-state index in [4.69, 9.17) is 5.73 Å². The lowest BCUT2D eigenvalue weighted by Gasteiger charge is -2.04. The second kappa shape index (κ2) is 4.66. The molecular weight excluding hydrogens is 187 g/mol. The highest BCUT2D eigenvalue weighted by Crippen LogP contribution is 2.10. The minimum atomic E-state index is -0.764. The van der Waals surface area contributed by atoms with Crippen LogP contribution in [0.25, 0.3) is 0 Å². The van der Waals surface area contributed by atoms with Crippen molar-refractivity contribution in [2.75, 3.05) is 6.61 Å². The zero-order valence-corrected chi connectivity index (χ0v) is 7.79. The molecule has 0 spiro atoms. The Hall–Kier alpha value is -1.49. The maximum Gasteiger partial charge on any atom is 0.360 e. The van der Waals surface area contributed by atoms with E-state index in [1.807, 2.05) is 0 Å². The van der Waals surface area contributed by atoms with Crippen LogP contribution in [-0.4, -0.2) is 17.6 Å². The molecule has 0 atom stereocenters. The third-order valence-corrected chi connectivity index (χ3v) is 1.66. The fourth-order valence-corrected chi connectivity index (χ4v) is 0.983. The van der Waals surface area contributed by atoms with Crippen molar-refractivity contribution >= 4 is 5.97 Å². The smallest absolute Gasteiger partial charge is 0.360 e. The third kappa shape index (κ3) is 2.05. The molecule has 1 aromatic heterocycles. The Bertz CT molecular complexity index is 342. The van der Waals surface area contributed by atoms with E-state index in [1.54, 1.807) is 6.92 Å². The average Bonchev–Trinajstić information content (AvgIpc) is 2.18. The van der Waals surface area contributed by atoms with E-state index >= 15 is 0 Å². The predicted molar refractivity (Wildman–Crippen MR) is 48.0 cm³/mol. The number of esters is 1. The highest BCUT2D eigenvalue weighted by Gasteiger charge is 2.16. The van der Waals surface area contributed by atoms with Crippen LogP contribution in [0.15, 0.2) is 12.3 Å². The number of nitrogens with zero attached hydrogens (tertiary/aromatic N) is 1.